The molecule has 1 aliphatic carbocycles. The molecule has 0 fully saturated rings. The third kappa shape index (κ3) is 5.19. The summed E-state index contributed by atoms with van der Waals surface area (Å²) < 4.78 is 40.6. The van der Waals surface area contributed by atoms with E-state index in [9.17, 15) is 22.8 Å². The Balaban J connectivity index is 1.79. The van der Waals surface area contributed by atoms with Gasteiger partial charge in [-0.15, -0.1) is 0 Å². The van der Waals surface area contributed by atoms with Gasteiger partial charge in [0.15, 0.2) is 5.78 Å². The smallest absolute Gasteiger partial charge is 0.362 e. The molecule has 2 aromatic rings. The number of alkyl halides is 3. The highest BCUT2D eigenvalue weighted by Gasteiger charge is 2.42. The molecule has 184 valence electrons. The lowest BCUT2D eigenvalue weighted by Gasteiger charge is -2.39. The van der Waals surface area contributed by atoms with Crippen LogP contribution in [0.1, 0.15) is 50.7 Å². The Morgan fingerprint density at radius 3 is 2.43 bits per heavy atom. The molecule has 4 nitrogen and oxygen atoms in total. The van der Waals surface area contributed by atoms with Gasteiger partial charge in [0.2, 0.25) is 0 Å². The molecule has 2 N–H and O–H groups in total. The first kappa shape index (κ1) is 25.5. The molecule has 0 spiro atoms. The number of benzene rings is 2. The van der Waals surface area contributed by atoms with Crippen LogP contribution in [0.5, 0.6) is 0 Å². The van der Waals surface area contributed by atoms with Crippen molar-refractivity contribution in [1.82, 2.24) is 5.32 Å². The monoisotopic (exact) mass is 566 g/mol. The fourth-order valence-corrected chi connectivity index (χ4v) is 5.14. The van der Waals surface area contributed by atoms with E-state index in [1.54, 1.807) is 6.92 Å². The van der Waals surface area contributed by atoms with Crippen LogP contribution in [0.15, 0.2) is 69.5 Å². The fourth-order valence-electron chi connectivity index (χ4n) is 4.71. The molecule has 0 saturated carbocycles. The van der Waals surface area contributed by atoms with Gasteiger partial charge in [-0.3, -0.25) is 9.59 Å². The molecule has 0 bridgehead atoms. The molecule has 4 rings (SSSR count). The lowest BCUT2D eigenvalue weighted by Crippen LogP contribution is -2.39. The standard InChI is InChI=1S/C26H23BrClF3N2O2/c1-13-21(24(35)33-18-10-15(26(29,30)31)6-9-17(18)28)22(14-4-7-16(27)8-5-14)23-19(32-13)11-25(2,3)12-20(23)34/h4-10,22,32H,11-12H2,1-3H3,(H,33,35)/t22-/m0/s1. The molecule has 0 radical (unpaired) electrons. The fraction of sp³-hybridized carbons (Fsp3) is 0.308. The number of ketones is 1. The van der Waals surface area contributed by atoms with Gasteiger partial charge in [-0.1, -0.05) is 53.5 Å². The van der Waals surface area contributed by atoms with Crippen LogP contribution in [0.2, 0.25) is 5.02 Å². The number of hydrogen-bond acceptors (Lipinski definition) is 3. The Hall–Kier alpha value is -2.58. The Kier molecular flexibility index (Phi) is 6.66. The number of halogens is 5. The van der Waals surface area contributed by atoms with Crippen LogP contribution in [0.25, 0.3) is 0 Å². The first-order chi connectivity index (χ1) is 16.3. The molecule has 0 aromatic heterocycles. The lowest BCUT2D eigenvalue weighted by molar-refractivity contribution is -0.137. The van der Waals surface area contributed by atoms with Crippen LogP contribution in [0.3, 0.4) is 0 Å². The average Bonchev–Trinajstić information content (AvgIpc) is 2.73. The van der Waals surface area contributed by atoms with Crippen molar-refractivity contribution < 1.29 is 22.8 Å². The van der Waals surface area contributed by atoms with Gasteiger partial charge in [-0.25, -0.2) is 0 Å². The van der Waals surface area contributed by atoms with Crippen molar-refractivity contribution in [3.05, 3.63) is 85.6 Å². The van der Waals surface area contributed by atoms with Crippen molar-refractivity contribution in [2.24, 2.45) is 5.41 Å². The number of Topliss-reactive ketones (excluding diaryl/α,β-unsaturated/α-hetero) is 1. The van der Waals surface area contributed by atoms with E-state index >= 15 is 0 Å². The summed E-state index contributed by atoms with van der Waals surface area (Å²) in [4.78, 5) is 26.9. The minimum absolute atomic E-state index is 0.0241. The number of allylic oxidation sites excluding steroid dienone is 3. The number of carbonyl (C=O) groups is 2. The highest BCUT2D eigenvalue weighted by atomic mass is 79.9. The number of nitrogens with one attached hydrogen (secondary N) is 2. The lowest BCUT2D eigenvalue weighted by atomic mass is 9.68. The summed E-state index contributed by atoms with van der Waals surface area (Å²) in [5, 5.41) is 5.76. The number of amides is 1. The van der Waals surface area contributed by atoms with E-state index in [1.807, 2.05) is 38.1 Å². The largest absolute Gasteiger partial charge is 0.416 e. The molecule has 1 heterocycles. The quantitative estimate of drug-likeness (QED) is 0.407. The summed E-state index contributed by atoms with van der Waals surface area (Å²) in [6.07, 6.45) is -3.63. The minimum Gasteiger partial charge on any atom is -0.362 e. The second kappa shape index (κ2) is 9.13. The number of dihydropyridines is 1. The Morgan fingerprint density at radius 2 is 1.80 bits per heavy atom. The van der Waals surface area contributed by atoms with E-state index in [4.69, 9.17) is 11.6 Å². The maximum absolute atomic E-state index is 13.6. The van der Waals surface area contributed by atoms with Gasteiger partial charge in [0, 0.05) is 39.4 Å². The first-order valence-corrected chi connectivity index (χ1v) is 12.1. The third-order valence-electron chi connectivity index (χ3n) is 6.23. The van der Waals surface area contributed by atoms with E-state index in [0.717, 1.165) is 33.9 Å². The maximum Gasteiger partial charge on any atom is 0.416 e. The van der Waals surface area contributed by atoms with E-state index < -0.39 is 23.6 Å². The van der Waals surface area contributed by atoms with Crippen molar-refractivity contribution in [2.75, 3.05) is 5.32 Å². The summed E-state index contributed by atoms with van der Waals surface area (Å²) in [6.45, 7) is 5.76. The van der Waals surface area contributed by atoms with E-state index in [0.29, 0.717) is 24.1 Å². The third-order valence-corrected chi connectivity index (χ3v) is 7.09. The Bertz CT molecular complexity index is 1280. The first-order valence-electron chi connectivity index (χ1n) is 10.9. The van der Waals surface area contributed by atoms with Crippen LogP contribution in [0, 0.1) is 5.41 Å². The predicted molar refractivity (Wildman–Crippen MR) is 133 cm³/mol. The van der Waals surface area contributed by atoms with Crippen LogP contribution >= 0.6 is 27.5 Å². The van der Waals surface area contributed by atoms with Crippen LogP contribution in [0.4, 0.5) is 18.9 Å². The molecule has 9 heteroatoms. The number of rotatable bonds is 3. The number of carbonyl (C=O) groups excluding carboxylic acids is 2. The van der Waals surface area contributed by atoms with Crippen LogP contribution in [-0.2, 0) is 15.8 Å². The number of hydrogen-bond donors (Lipinski definition) is 2. The Labute approximate surface area is 214 Å². The van der Waals surface area contributed by atoms with E-state index in [1.165, 1.54) is 0 Å². The van der Waals surface area contributed by atoms with E-state index in [2.05, 4.69) is 26.6 Å². The zero-order chi connectivity index (χ0) is 25.7. The molecule has 0 unspecified atom stereocenters. The highest BCUT2D eigenvalue weighted by Crippen LogP contribution is 2.47. The topological polar surface area (TPSA) is 58.2 Å². The van der Waals surface area contributed by atoms with Gasteiger partial charge >= 0.3 is 6.18 Å². The molecule has 2 aliphatic rings. The summed E-state index contributed by atoms with van der Waals surface area (Å²) in [5.41, 5.74) is 1.48. The maximum atomic E-state index is 13.6. The van der Waals surface area contributed by atoms with Crippen molar-refractivity contribution >= 4 is 44.9 Å². The molecular formula is C26H23BrClF3N2O2. The Morgan fingerprint density at radius 1 is 1.14 bits per heavy atom. The zero-order valence-electron chi connectivity index (χ0n) is 19.2. The molecule has 1 atom stereocenters. The van der Waals surface area contributed by atoms with Crippen molar-refractivity contribution in [1.29, 1.82) is 0 Å². The minimum atomic E-state index is -4.59. The van der Waals surface area contributed by atoms with Crippen LogP contribution in [-0.4, -0.2) is 11.7 Å². The molecule has 1 amide bonds. The summed E-state index contributed by atoms with van der Waals surface area (Å²) in [6, 6.07) is 10.1. The SMILES string of the molecule is CC1=C(C(=O)Nc2cc(C(F)(F)F)ccc2Cl)[C@H](c2ccc(Br)cc2)C2=C(CC(C)(C)CC2=O)N1. The molecule has 35 heavy (non-hydrogen) atoms. The van der Waals surface area contributed by atoms with Gasteiger partial charge in [-0.05, 0) is 54.7 Å². The van der Waals surface area contributed by atoms with Crippen molar-refractivity contribution in [2.45, 2.75) is 45.7 Å². The molecule has 1 aliphatic heterocycles. The molecular weight excluding hydrogens is 545 g/mol. The van der Waals surface area contributed by atoms with Crippen molar-refractivity contribution in [3.8, 4) is 0 Å². The number of anilines is 1. The van der Waals surface area contributed by atoms with Crippen LogP contribution < -0.4 is 10.6 Å². The summed E-state index contributed by atoms with van der Waals surface area (Å²) >= 11 is 9.53. The second-order valence-electron chi connectivity index (χ2n) is 9.63. The predicted octanol–water partition coefficient (Wildman–Crippen LogP) is 7.36. The summed E-state index contributed by atoms with van der Waals surface area (Å²) in [5.74, 6) is -1.37. The average molecular weight is 568 g/mol. The summed E-state index contributed by atoms with van der Waals surface area (Å²) in [7, 11) is 0. The highest BCUT2D eigenvalue weighted by molar-refractivity contribution is 9.10. The second-order valence-corrected chi connectivity index (χ2v) is 11.0. The van der Waals surface area contributed by atoms with Gasteiger partial charge in [0.05, 0.1) is 16.3 Å². The van der Waals surface area contributed by atoms with Gasteiger partial charge in [-0.2, -0.15) is 13.2 Å². The van der Waals surface area contributed by atoms with Gasteiger partial charge < -0.3 is 10.6 Å². The molecule has 0 saturated heterocycles. The normalized spacial score (nSPS) is 19.9. The van der Waals surface area contributed by atoms with E-state index in [-0.39, 0.29) is 27.5 Å². The van der Waals surface area contributed by atoms with Crippen molar-refractivity contribution in [3.63, 3.8) is 0 Å². The molecule has 2 aromatic carbocycles. The van der Waals surface area contributed by atoms with Gasteiger partial charge in [0.25, 0.3) is 5.91 Å². The van der Waals surface area contributed by atoms with Gasteiger partial charge in [0.1, 0.15) is 0 Å². The zero-order valence-corrected chi connectivity index (χ0v) is 21.6.